The van der Waals surface area contributed by atoms with Gasteiger partial charge in [-0.2, -0.15) is 4.39 Å². The number of urea groups is 1. The third-order valence-corrected chi connectivity index (χ3v) is 2.66. The van der Waals surface area contributed by atoms with Gasteiger partial charge in [-0.25, -0.2) is 9.78 Å². The summed E-state index contributed by atoms with van der Waals surface area (Å²) in [7, 11) is 0. The van der Waals surface area contributed by atoms with Gasteiger partial charge in [0, 0.05) is 19.5 Å². The summed E-state index contributed by atoms with van der Waals surface area (Å²) >= 11 is 0. The molecule has 0 unspecified atom stereocenters. The number of carbonyl (C=O) groups is 1. The maximum atomic E-state index is 12.6. The summed E-state index contributed by atoms with van der Waals surface area (Å²) in [5.41, 5.74) is 0.431. The highest BCUT2D eigenvalue weighted by Crippen LogP contribution is 2.04. The summed E-state index contributed by atoms with van der Waals surface area (Å²) in [5, 5.41) is 13.0. The minimum absolute atomic E-state index is 0.374. The van der Waals surface area contributed by atoms with Crippen molar-refractivity contribution in [2.75, 3.05) is 11.9 Å². The summed E-state index contributed by atoms with van der Waals surface area (Å²) in [6, 6.07) is 2.25. The molecule has 7 nitrogen and oxygen atoms in total. The number of anilines is 1. The Hall–Kier alpha value is -2.51. The number of aromatic nitrogens is 4. The maximum absolute atomic E-state index is 12.6. The van der Waals surface area contributed by atoms with Gasteiger partial charge in [0.05, 0.1) is 11.9 Å². The van der Waals surface area contributed by atoms with Crippen molar-refractivity contribution >= 4 is 11.7 Å². The van der Waals surface area contributed by atoms with E-state index in [1.54, 1.807) is 6.33 Å². The van der Waals surface area contributed by atoms with Crippen molar-refractivity contribution in [2.24, 2.45) is 0 Å². The molecule has 0 aromatic carbocycles. The number of nitrogens with one attached hydrogen (secondary N) is 2. The van der Waals surface area contributed by atoms with Crippen LogP contribution in [0.3, 0.4) is 0 Å². The van der Waals surface area contributed by atoms with Crippen molar-refractivity contribution in [1.82, 2.24) is 25.1 Å². The molecule has 0 bridgehead atoms. The van der Waals surface area contributed by atoms with Gasteiger partial charge >= 0.3 is 6.03 Å². The van der Waals surface area contributed by atoms with Crippen LogP contribution < -0.4 is 10.6 Å². The standard InChI is InChI=1S/C12H15FN6O/c1-2-19-8-16-18-11(19)5-6-14-12(20)17-9-3-4-10(13)15-7-9/h3-4,7-8H,2,5-6H2,1H3,(H2,14,17,20). The van der Waals surface area contributed by atoms with Crippen molar-refractivity contribution in [1.29, 1.82) is 0 Å². The van der Waals surface area contributed by atoms with Crippen LogP contribution in [0.1, 0.15) is 12.7 Å². The highest BCUT2D eigenvalue weighted by molar-refractivity contribution is 5.88. The minimum atomic E-state index is -0.588. The Kier molecular flexibility index (Phi) is 4.59. The molecule has 2 aromatic rings. The Labute approximate surface area is 115 Å². The third-order valence-electron chi connectivity index (χ3n) is 2.66. The zero-order chi connectivity index (χ0) is 14.4. The van der Waals surface area contributed by atoms with Crippen LogP contribution >= 0.6 is 0 Å². The van der Waals surface area contributed by atoms with Crippen LogP contribution in [-0.2, 0) is 13.0 Å². The van der Waals surface area contributed by atoms with E-state index in [-0.39, 0.29) is 6.03 Å². The molecule has 2 aromatic heterocycles. The second kappa shape index (κ2) is 6.60. The van der Waals surface area contributed by atoms with E-state index in [1.165, 1.54) is 18.3 Å². The maximum Gasteiger partial charge on any atom is 0.319 e. The number of hydrogen-bond donors (Lipinski definition) is 2. The van der Waals surface area contributed by atoms with Crippen LogP contribution in [0.15, 0.2) is 24.7 Å². The molecule has 0 aliphatic heterocycles. The summed E-state index contributed by atoms with van der Waals surface area (Å²) in [4.78, 5) is 15.0. The van der Waals surface area contributed by atoms with Crippen molar-refractivity contribution in [2.45, 2.75) is 19.9 Å². The van der Waals surface area contributed by atoms with Crippen LogP contribution in [0, 0.1) is 5.95 Å². The van der Waals surface area contributed by atoms with Crippen molar-refractivity contribution in [3.8, 4) is 0 Å². The Morgan fingerprint density at radius 1 is 1.45 bits per heavy atom. The predicted octanol–water partition coefficient (Wildman–Crippen LogP) is 1.20. The van der Waals surface area contributed by atoms with Gasteiger partial charge in [0.1, 0.15) is 12.2 Å². The van der Waals surface area contributed by atoms with Gasteiger partial charge in [-0.1, -0.05) is 0 Å². The summed E-state index contributed by atoms with van der Waals surface area (Å²) in [6.07, 6.45) is 3.49. The average Bonchev–Trinajstić information content (AvgIpc) is 2.89. The first-order valence-corrected chi connectivity index (χ1v) is 6.22. The highest BCUT2D eigenvalue weighted by Gasteiger charge is 2.05. The number of rotatable bonds is 5. The molecule has 0 atom stereocenters. The van der Waals surface area contributed by atoms with Gasteiger partial charge < -0.3 is 15.2 Å². The fraction of sp³-hybridized carbons (Fsp3) is 0.333. The predicted molar refractivity (Wildman–Crippen MR) is 70.6 cm³/mol. The van der Waals surface area contributed by atoms with Gasteiger partial charge in [-0.05, 0) is 19.1 Å². The molecule has 8 heteroatoms. The molecule has 0 saturated heterocycles. The Morgan fingerprint density at radius 2 is 2.30 bits per heavy atom. The lowest BCUT2D eigenvalue weighted by Gasteiger charge is -2.07. The van der Waals surface area contributed by atoms with Crippen LogP contribution in [0.25, 0.3) is 0 Å². The SMILES string of the molecule is CCn1cnnc1CCNC(=O)Nc1ccc(F)nc1. The van der Waals surface area contributed by atoms with E-state index in [4.69, 9.17) is 0 Å². The average molecular weight is 278 g/mol. The second-order valence-electron chi connectivity index (χ2n) is 4.03. The lowest BCUT2D eigenvalue weighted by Crippen LogP contribution is -2.31. The van der Waals surface area contributed by atoms with Crippen LogP contribution in [0.4, 0.5) is 14.9 Å². The molecule has 0 fully saturated rings. The van der Waals surface area contributed by atoms with Crippen LogP contribution in [0.5, 0.6) is 0 Å². The fourth-order valence-electron chi connectivity index (χ4n) is 1.65. The van der Waals surface area contributed by atoms with Crippen LogP contribution in [-0.4, -0.2) is 32.3 Å². The summed E-state index contributed by atoms with van der Waals surface area (Å²) in [5.74, 6) is 0.228. The molecule has 2 rings (SSSR count). The molecule has 20 heavy (non-hydrogen) atoms. The number of pyridine rings is 1. The van der Waals surface area contributed by atoms with Gasteiger partial charge in [-0.3, -0.25) is 0 Å². The molecule has 0 radical (unpaired) electrons. The Balaban J connectivity index is 1.76. The second-order valence-corrected chi connectivity index (χ2v) is 4.03. The van der Waals surface area contributed by atoms with E-state index in [0.717, 1.165) is 12.4 Å². The number of nitrogens with zero attached hydrogens (tertiary/aromatic N) is 4. The van der Waals surface area contributed by atoms with E-state index in [0.29, 0.717) is 18.7 Å². The zero-order valence-electron chi connectivity index (χ0n) is 11.0. The Morgan fingerprint density at radius 3 is 3.00 bits per heavy atom. The number of carbonyl (C=O) groups excluding carboxylic acids is 1. The summed E-state index contributed by atoms with van der Waals surface area (Å²) in [6.45, 7) is 3.21. The van der Waals surface area contributed by atoms with Gasteiger partial charge in [-0.15, -0.1) is 10.2 Å². The van der Waals surface area contributed by atoms with Crippen molar-refractivity contribution in [3.63, 3.8) is 0 Å². The molecule has 0 aliphatic rings. The number of amides is 2. The van der Waals surface area contributed by atoms with E-state index in [9.17, 15) is 9.18 Å². The quantitative estimate of drug-likeness (QED) is 0.805. The summed E-state index contributed by atoms with van der Waals surface area (Å²) < 4.78 is 14.5. The molecular formula is C12H15FN6O. The van der Waals surface area contributed by atoms with Gasteiger partial charge in [0.2, 0.25) is 5.95 Å². The van der Waals surface area contributed by atoms with Crippen LogP contribution in [0.2, 0.25) is 0 Å². The molecule has 106 valence electrons. The smallest absolute Gasteiger partial charge is 0.319 e. The lowest BCUT2D eigenvalue weighted by atomic mass is 10.4. The fourth-order valence-corrected chi connectivity index (χ4v) is 1.65. The van der Waals surface area contributed by atoms with Gasteiger partial charge in [0.25, 0.3) is 0 Å². The molecule has 2 N–H and O–H groups in total. The normalized spacial score (nSPS) is 10.3. The monoisotopic (exact) mass is 278 g/mol. The lowest BCUT2D eigenvalue weighted by molar-refractivity contribution is 0.252. The van der Waals surface area contributed by atoms with E-state index < -0.39 is 5.95 Å². The first-order chi connectivity index (χ1) is 9.69. The first kappa shape index (κ1) is 13.9. The largest absolute Gasteiger partial charge is 0.337 e. The van der Waals surface area contributed by atoms with E-state index in [1.807, 2.05) is 11.5 Å². The topological polar surface area (TPSA) is 84.7 Å². The molecule has 0 saturated carbocycles. The van der Waals surface area contributed by atoms with Crippen molar-refractivity contribution in [3.05, 3.63) is 36.4 Å². The van der Waals surface area contributed by atoms with Crippen molar-refractivity contribution < 1.29 is 9.18 Å². The Bertz CT molecular complexity index is 568. The van der Waals surface area contributed by atoms with E-state index >= 15 is 0 Å². The van der Waals surface area contributed by atoms with E-state index in [2.05, 4.69) is 25.8 Å². The zero-order valence-corrected chi connectivity index (χ0v) is 11.0. The molecule has 2 heterocycles. The number of hydrogen-bond acceptors (Lipinski definition) is 4. The molecule has 2 amide bonds. The molecule has 0 aliphatic carbocycles. The third kappa shape index (κ3) is 3.74. The molecule has 0 spiro atoms. The van der Waals surface area contributed by atoms with Gasteiger partial charge in [0.15, 0.2) is 0 Å². The number of halogens is 1. The molecular weight excluding hydrogens is 263 g/mol. The number of aryl methyl sites for hydroxylation is 1. The first-order valence-electron chi connectivity index (χ1n) is 6.22. The minimum Gasteiger partial charge on any atom is -0.337 e. The highest BCUT2D eigenvalue weighted by atomic mass is 19.1.